The zero-order valence-electron chi connectivity index (χ0n) is 20.3. The number of ether oxygens (including phenoxy) is 1. The molecule has 1 aromatic heterocycles. The van der Waals surface area contributed by atoms with Crippen molar-refractivity contribution >= 4 is 15.8 Å². The standard InChI is InChI=1S/C27H29F2N3O3S/c1-3-17-12-30-27(31-13-17)32-14-21-8-18(9-22(21)15-32)16-35-26-24(28)10-20(11-25(26)29)19-4-6-23(7-5-19)36(2,33)34/h4-7,10-13,18,21-22H,3,8-9,14-16H2,1-2H3. The van der Waals surface area contributed by atoms with E-state index in [0.717, 1.165) is 50.1 Å². The number of aryl methyl sites for hydroxylation is 1. The zero-order chi connectivity index (χ0) is 25.4. The molecule has 1 saturated heterocycles. The smallest absolute Gasteiger partial charge is 0.225 e. The second kappa shape index (κ2) is 9.76. The summed E-state index contributed by atoms with van der Waals surface area (Å²) < 4.78 is 58.5. The van der Waals surface area contributed by atoms with Crippen molar-refractivity contribution in [2.75, 3.05) is 30.9 Å². The fourth-order valence-corrected chi connectivity index (χ4v) is 6.01. The number of fused-ring (bicyclic) bond motifs is 1. The Hall–Kier alpha value is -3.07. The van der Waals surface area contributed by atoms with Crippen LogP contribution in [-0.4, -0.2) is 44.3 Å². The Morgan fingerprint density at radius 2 is 1.56 bits per heavy atom. The molecule has 0 bridgehead atoms. The molecule has 2 fully saturated rings. The van der Waals surface area contributed by atoms with Gasteiger partial charge in [-0.25, -0.2) is 27.2 Å². The highest BCUT2D eigenvalue weighted by Gasteiger charge is 2.41. The summed E-state index contributed by atoms with van der Waals surface area (Å²) in [5, 5.41) is 0. The van der Waals surface area contributed by atoms with Gasteiger partial charge in [0.05, 0.1) is 11.5 Å². The van der Waals surface area contributed by atoms with Gasteiger partial charge in [-0.3, -0.25) is 0 Å². The van der Waals surface area contributed by atoms with Gasteiger partial charge in [-0.05, 0) is 78.0 Å². The van der Waals surface area contributed by atoms with Gasteiger partial charge in [-0.1, -0.05) is 19.1 Å². The first-order valence-corrected chi connectivity index (χ1v) is 14.1. The maximum atomic E-state index is 14.8. The number of rotatable bonds is 7. The molecule has 2 aliphatic rings. The van der Waals surface area contributed by atoms with Gasteiger partial charge in [0.25, 0.3) is 0 Å². The third-order valence-corrected chi connectivity index (χ3v) is 8.44. The summed E-state index contributed by atoms with van der Waals surface area (Å²) in [6.07, 6.45) is 7.68. The first kappa shape index (κ1) is 24.6. The number of benzene rings is 2. The minimum atomic E-state index is -3.34. The minimum absolute atomic E-state index is 0.151. The Morgan fingerprint density at radius 1 is 0.972 bits per heavy atom. The second-order valence-electron chi connectivity index (χ2n) is 9.88. The Bertz CT molecular complexity index is 1310. The second-order valence-corrected chi connectivity index (χ2v) is 11.9. The predicted octanol–water partition coefficient (Wildman–Crippen LogP) is 4.93. The molecule has 1 aliphatic carbocycles. The summed E-state index contributed by atoms with van der Waals surface area (Å²) in [5.74, 6) is 0.107. The van der Waals surface area contributed by atoms with Crippen molar-refractivity contribution in [1.29, 1.82) is 0 Å². The molecular formula is C27H29F2N3O3S. The van der Waals surface area contributed by atoms with E-state index in [9.17, 15) is 17.2 Å². The van der Waals surface area contributed by atoms with E-state index in [1.807, 2.05) is 12.4 Å². The van der Waals surface area contributed by atoms with Crippen molar-refractivity contribution in [2.24, 2.45) is 17.8 Å². The first-order valence-electron chi connectivity index (χ1n) is 12.2. The molecule has 1 saturated carbocycles. The maximum Gasteiger partial charge on any atom is 0.225 e. The number of anilines is 1. The van der Waals surface area contributed by atoms with E-state index in [1.54, 1.807) is 0 Å². The summed E-state index contributed by atoms with van der Waals surface area (Å²) in [7, 11) is -3.34. The van der Waals surface area contributed by atoms with Crippen molar-refractivity contribution in [3.63, 3.8) is 0 Å². The molecule has 2 aromatic carbocycles. The summed E-state index contributed by atoms with van der Waals surface area (Å²) in [4.78, 5) is 11.4. The molecule has 0 N–H and O–H groups in total. The Labute approximate surface area is 210 Å². The van der Waals surface area contributed by atoms with E-state index >= 15 is 0 Å². The molecule has 9 heteroatoms. The normalized spacial score (nSPS) is 21.6. The van der Waals surface area contributed by atoms with Crippen LogP contribution in [0.1, 0.15) is 25.3 Å². The topological polar surface area (TPSA) is 72.4 Å². The van der Waals surface area contributed by atoms with E-state index in [0.29, 0.717) is 23.0 Å². The van der Waals surface area contributed by atoms with Gasteiger partial charge in [-0.15, -0.1) is 0 Å². The van der Waals surface area contributed by atoms with Crippen LogP contribution < -0.4 is 9.64 Å². The third kappa shape index (κ3) is 5.07. The molecule has 3 aromatic rings. The highest BCUT2D eigenvalue weighted by atomic mass is 32.2. The minimum Gasteiger partial charge on any atom is -0.487 e. The molecule has 0 radical (unpaired) electrons. The lowest BCUT2D eigenvalue weighted by Crippen LogP contribution is -2.24. The van der Waals surface area contributed by atoms with Gasteiger partial charge in [0.1, 0.15) is 0 Å². The largest absolute Gasteiger partial charge is 0.487 e. The van der Waals surface area contributed by atoms with Crippen LogP contribution in [0.2, 0.25) is 0 Å². The average Bonchev–Trinajstić information content (AvgIpc) is 3.42. The average molecular weight is 514 g/mol. The van der Waals surface area contributed by atoms with Crippen LogP contribution in [0.15, 0.2) is 53.7 Å². The zero-order valence-corrected chi connectivity index (χ0v) is 21.1. The van der Waals surface area contributed by atoms with E-state index in [-0.39, 0.29) is 23.2 Å². The molecular weight excluding hydrogens is 484 g/mol. The Kier molecular flexibility index (Phi) is 6.68. The highest BCUT2D eigenvalue weighted by Crippen LogP contribution is 2.42. The van der Waals surface area contributed by atoms with Crippen LogP contribution in [0.3, 0.4) is 0 Å². The van der Waals surface area contributed by atoms with Crippen molar-refractivity contribution in [3.05, 3.63) is 66.0 Å². The molecule has 2 unspecified atom stereocenters. The van der Waals surface area contributed by atoms with Crippen molar-refractivity contribution in [3.8, 4) is 16.9 Å². The molecule has 2 atom stereocenters. The molecule has 190 valence electrons. The SMILES string of the molecule is CCc1cnc(N2CC3CC(COc4c(F)cc(-c5ccc(S(C)(=O)=O)cc5)cc4F)CC3C2)nc1. The molecule has 1 aliphatic heterocycles. The van der Waals surface area contributed by atoms with E-state index in [2.05, 4.69) is 21.8 Å². The van der Waals surface area contributed by atoms with Crippen LogP contribution in [-0.2, 0) is 16.3 Å². The van der Waals surface area contributed by atoms with Crippen LogP contribution in [0.25, 0.3) is 11.1 Å². The molecule has 0 amide bonds. The van der Waals surface area contributed by atoms with Crippen molar-refractivity contribution in [1.82, 2.24) is 9.97 Å². The van der Waals surface area contributed by atoms with Gasteiger partial charge >= 0.3 is 0 Å². The molecule has 0 spiro atoms. The molecule has 6 nitrogen and oxygen atoms in total. The maximum absolute atomic E-state index is 14.8. The number of sulfone groups is 1. The number of aromatic nitrogens is 2. The third-order valence-electron chi connectivity index (χ3n) is 7.31. The van der Waals surface area contributed by atoms with Crippen LogP contribution in [0.4, 0.5) is 14.7 Å². The predicted molar refractivity (Wildman–Crippen MR) is 134 cm³/mol. The number of nitrogens with zero attached hydrogens (tertiary/aromatic N) is 3. The summed E-state index contributed by atoms with van der Waals surface area (Å²) in [6.45, 7) is 4.13. The number of hydrogen-bond donors (Lipinski definition) is 0. The monoisotopic (exact) mass is 513 g/mol. The summed E-state index contributed by atoms with van der Waals surface area (Å²) >= 11 is 0. The Morgan fingerprint density at radius 3 is 2.08 bits per heavy atom. The van der Waals surface area contributed by atoms with Gasteiger partial charge < -0.3 is 9.64 Å². The number of hydrogen-bond acceptors (Lipinski definition) is 6. The van der Waals surface area contributed by atoms with Crippen LogP contribution in [0.5, 0.6) is 5.75 Å². The summed E-state index contributed by atoms with van der Waals surface area (Å²) in [6, 6.07) is 8.37. The Balaban J connectivity index is 1.19. The molecule has 5 rings (SSSR count). The van der Waals surface area contributed by atoms with Gasteiger partial charge in [0.15, 0.2) is 27.2 Å². The van der Waals surface area contributed by atoms with E-state index in [1.165, 1.54) is 36.4 Å². The van der Waals surface area contributed by atoms with Crippen molar-refractivity contribution in [2.45, 2.75) is 31.1 Å². The lowest BCUT2D eigenvalue weighted by molar-refractivity contribution is 0.226. The lowest BCUT2D eigenvalue weighted by Gasteiger charge is -2.19. The van der Waals surface area contributed by atoms with Gasteiger partial charge in [-0.2, -0.15) is 0 Å². The highest BCUT2D eigenvalue weighted by molar-refractivity contribution is 7.90. The van der Waals surface area contributed by atoms with E-state index < -0.39 is 21.5 Å². The first-order chi connectivity index (χ1) is 17.2. The van der Waals surface area contributed by atoms with Gasteiger partial charge in [0, 0.05) is 31.7 Å². The molecule has 2 heterocycles. The van der Waals surface area contributed by atoms with Crippen LogP contribution in [0, 0.1) is 29.4 Å². The van der Waals surface area contributed by atoms with Gasteiger partial charge in [0.2, 0.25) is 5.95 Å². The number of halogens is 2. The molecule has 36 heavy (non-hydrogen) atoms. The lowest BCUT2D eigenvalue weighted by atomic mass is 10.0. The fraction of sp³-hybridized carbons (Fsp3) is 0.407. The van der Waals surface area contributed by atoms with Crippen LogP contribution >= 0.6 is 0 Å². The quantitative estimate of drug-likeness (QED) is 0.446. The summed E-state index contributed by atoms with van der Waals surface area (Å²) in [5.41, 5.74) is 1.96. The van der Waals surface area contributed by atoms with Crippen molar-refractivity contribution < 1.29 is 21.9 Å². The fourth-order valence-electron chi connectivity index (χ4n) is 5.38. The van der Waals surface area contributed by atoms with E-state index in [4.69, 9.17) is 4.74 Å².